The third kappa shape index (κ3) is 3.87. The first kappa shape index (κ1) is 16.5. The smallest absolute Gasteiger partial charge is 0.138 e. The van der Waals surface area contributed by atoms with Gasteiger partial charge in [-0.25, -0.2) is 9.97 Å². The lowest BCUT2D eigenvalue weighted by atomic mass is 9.95. The molecule has 0 unspecified atom stereocenters. The molecule has 0 amide bonds. The highest BCUT2D eigenvalue weighted by Crippen LogP contribution is 2.31. The Hall–Kier alpha value is -0.840. The van der Waals surface area contributed by atoms with E-state index in [9.17, 15) is 0 Å². The summed E-state index contributed by atoms with van der Waals surface area (Å²) in [7, 11) is 0. The molecule has 0 saturated heterocycles. The summed E-state index contributed by atoms with van der Waals surface area (Å²) in [6, 6.07) is 5.63. The Labute approximate surface area is 143 Å². The summed E-state index contributed by atoms with van der Waals surface area (Å²) in [4.78, 5) is 8.94. The van der Waals surface area contributed by atoms with E-state index in [2.05, 4.69) is 31.2 Å². The topological polar surface area (TPSA) is 37.8 Å². The average molecular weight is 389 g/mol. The van der Waals surface area contributed by atoms with Gasteiger partial charge >= 0.3 is 0 Å². The zero-order valence-corrected chi connectivity index (χ0v) is 15.4. The fraction of sp³-hybridized carbons (Fsp3) is 0.333. The number of halogens is 3. The van der Waals surface area contributed by atoms with Gasteiger partial charge in [0, 0.05) is 15.5 Å². The van der Waals surface area contributed by atoms with Crippen LogP contribution in [0, 0.1) is 6.92 Å². The van der Waals surface area contributed by atoms with E-state index in [1.54, 1.807) is 0 Å². The van der Waals surface area contributed by atoms with Gasteiger partial charge < -0.3 is 5.32 Å². The van der Waals surface area contributed by atoms with Crippen LogP contribution in [0.2, 0.25) is 10.2 Å². The lowest BCUT2D eigenvalue weighted by molar-refractivity contribution is 0.545. The van der Waals surface area contributed by atoms with Crippen molar-refractivity contribution < 1.29 is 0 Å². The van der Waals surface area contributed by atoms with Gasteiger partial charge in [0.15, 0.2) is 0 Å². The van der Waals surface area contributed by atoms with Crippen LogP contribution in [0.3, 0.4) is 0 Å². The minimum absolute atomic E-state index is 0.183. The van der Waals surface area contributed by atoms with E-state index >= 15 is 0 Å². The highest BCUT2D eigenvalue weighted by atomic mass is 79.9. The van der Waals surface area contributed by atoms with E-state index in [0.717, 1.165) is 15.7 Å². The Morgan fingerprint density at radius 3 is 2.38 bits per heavy atom. The molecule has 0 saturated carbocycles. The molecule has 0 aliphatic heterocycles. The van der Waals surface area contributed by atoms with Crippen molar-refractivity contribution in [2.75, 3.05) is 5.32 Å². The molecule has 1 heterocycles. The molecular weight excluding hydrogens is 373 g/mol. The van der Waals surface area contributed by atoms with E-state index in [-0.39, 0.29) is 5.41 Å². The molecule has 21 heavy (non-hydrogen) atoms. The fourth-order valence-electron chi connectivity index (χ4n) is 1.66. The second-order valence-electron chi connectivity index (χ2n) is 5.81. The van der Waals surface area contributed by atoms with Gasteiger partial charge in [-0.05, 0) is 25.1 Å². The highest BCUT2D eigenvalue weighted by Gasteiger charge is 2.21. The van der Waals surface area contributed by atoms with Crippen LogP contribution in [0.1, 0.15) is 32.2 Å². The van der Waals surface area contributed by atoms with Gasteiger partial charge in [0.05, 0.1) is 10.7 Å². The zero-order chi connectivity index (χ0) is 15.8. The Morgan fingerprint density at radius 1 is 1.14 bits per heavy atom. The monoisotopic (exact) mass is 387 g/mol. The van der Waals surface area contributed by atoms with Gasteiger partial charge in [-0.1, -0.05) is 59.9 Å². The predicted molar refractivity (Wildman–Crippen MR) is 92.9 cm³/mol. The Morgan fingerprint density at radius 2 is 1.81 bits per heavy atom. The molecule has 0 aliphatic rings. The van der Waals surface area contributed by atoms with Crippen LogP contribution in [0.15, 0.2) is 22.7 Å². The summed E-state index contributed by atoms with van der Waals surface area (Å²) in [6.07, 6.45) is 0. The maximum Gasteiger partial charge on any atom is 0.138 e. The third-order valence-corrected chi connectivity index (χ3v) is 4.12. The number of nitrogens with zero attached hydrogens (tertiary/aromatic N) is 2. The van der Waals surface area contributed by atoms with Crippen LogP contribution in [0.4, 0.5) is 11.5 Å². The molecule has 0 bridgehead atoms. The molecule has 112 valence electrons. The summed E-state index contributed by atoms with van der Waals surface area (Å²) >= 11 is 15.8. The average Bonchev–Trinajstić information content (AvgIpc) is 2.36. The molecule has 2 rings (SSSR count). The fourth-order valence-corrected chi connectivity index (χ4v) is 2.56. The molecular formula is C15H16BrCl2N3. The third-order valence-electron chi connectivity index (χ3n) is 2.94. The van der Waals surface area contributed by atoms with Crippen molar-refractivity contribution in [3.8, 4) is 0 Å². The van der Waals surface area contributed by atoms with E-state index in [1.807, 2.05) is 45.9 Å². The lowest BCUT2D eigenvalue weighted by Crippen LogP contribution is -2.17. The van der Waals surface area contributed by atoms with Crippen molar-refractivity contribution >= 4 is 50.6 Å². The molecule has 3 nitrogen and oxygen atoms in total. The minimum Gasteiger partial charge on any atom is -0.339 e. The van der Waals surface area contributed by atoms with E-state index in [1.165, 1.54) is 0 Å². The van der Waals surface area contributed by atoms with Crippen LogP contribution in [-0.2, 0) is 5.41 Å². The van der Waals surface area contributed by atoms with Crippen LogP contribution in [0.5, 0.6) is 0 Å². The first-order chi connectivity index (χ1) is 9.68. The molecule has 1 aromatic carbocycles. The molecule has 0 spiro atoms. The number of hydrogen-bond acceptors (Lipinski definition) is 3. The summed E-state index contributed by atoms with van der Waals surface area (Å²) in [5, 5.41) is 4.29. The number of benzene rings is 1. The summed E-state index contributed by atoms with van der Waals surface area (Å²) in [5.74, 6) is 1.36. The normalized spacial score (nSPS) is 11.6. The molecule has 1 aromatic heterocycles. The highest BCUT2D eigenvalue weighted by molar-refractivity contribution is 9.10. The predicted octanol–water partition coefficient (Wildman–Crippen LogP) is 5.90. The molecule has 6 heteroatoms. The summed E-state index contributed by atoms with van der Waals surface area (Å²) < 4.78 is 0.922. The Bertz CT molecular complexity index is 681. The van der Waals surface area contributed by atoms with Crippen LogP contribution >= 0.6 is 39.1 Å². The van der Waals surface area contributed by atoms with Crippen molar-refractivity contribution in [3.05, 3.63) is 44.2 Å². The first-order valence-corrected chi connectivity index (χ1v) is 8.00. The number of rotatable bonds is 2. The van der Waals surface area contributed by atoms with E-state index in [4.69, 9.17) is 23.2 Å². The SMILES string of the molecule is Cc1c(Cl)nc(C(C)(C)C)nc1Nc1ccc(Br)cc1Cl. The molecule has 2 aromatic rings. The quantitative estimate of drug-likeness (QED) is 0.651. The van der Waals surface area contributed by atoms with Crippen LogP contribution in [0.25, 0.3) is 0 Å². The van der Waals surface area contributed by atoms with Gasteiger partial charge in [0.1, 0.15) is 16.8 Å². The minimum atomic E-state index is -0.183. The Balaban J connectivity index is 2.46. The maximum atomic E-state index is 6.23. The van der Waals surface area contributed by atoms with Gasteiger partial charge in [0.2, 0.25) is 0 Å². The van der Waals surface area contributed by atoms with Gasteiger partial charge in [-0.15, -0.1) is 0 Å². The van der Waals surface area contributed by atoms with Crippen molar-refractivity contribution in [2.45, 2.75) is 33.1 Å². The number of nitrogens with one attached hydrogen (secondary N) is 1. The Kier molecular flexibility index (Phi) is 4.81. The number of hydrogen-bond donors (Lipinski definition) is 1. The van der Waals surface area contributed by atoms with Crippen molar-refractivity contribution in [2.24, 2.45) is 0 Å². The van der Waals surface area contributed by atoms with Crippen molar-refractivity contribution in [1.29, 1.82) is 0 Å². The lowest BCUT2D eigenvalue weighted by Gasteiger charge is -2.19. The maximum absolute atomic E-state index is 6.23. The summed E-state index contributed by atoms with van der Waals surface area (Å²) in [6.45, 7) is 8.02. The molecule has 0 radical (unpaired) electrons. The summed E-state index contributed by atoms with van der Waals surface area (Å²) in [5.41, 5.74) is 1.39. The van der Waals surface area contributed by atoms with Crippen molar-refractivity contribution in [3.63, 3.8) is 0 Å². The van der Waals surface area contributed by atoms with E-state index < -0.39 is 0 Å². The van der Waals surface area contributed by atoms with Gasteiger partial charge in [-0.3, -0.25) is 0 Å². The van der Waals surface area contributed by atoms with Crippen LogP contribution < -0.4 is 5.32 Å². The number of anilines is 2. The molecule has 0 aliphatic carbocycles. The molecule has 0 fully saturated rings. The molecule has 1 N–H and O–H groups in total. The van der Waals surface area contributed by atoms with E-state index in [0.29, 0.717) is 21.8 Å². The second-order valence-corrected chi connectivity index (χ2v) is 7.49. The van der Waals surface area contributed by atoms with Gasteiger partial charge in [-0.2, -0.15) is 0 Å². The standard InChI is InChI=1S/C15H16BrCl2N3/c1-8-12(18)20-14(15(2,3)4)21-13(8)19-11-6-5-9(16)7-10(11)17/h5-7H,1-4H3,(H,19,20,21). The zero-order valence-electron chi connectivity index (χ0n) is 12.3. The first-order valence-electron chi connectivity index (χ1n) is 6.45. The number of aromatic nitrogens is 2. The largest absolute Gasteiger partial charge is 0.339 e. The van der Waals surface area contributed by atoms with Gasteiger partial charge in [0.25, 0.3) is 0 Å². The van der Waals surface area contributed by atoms with Crippen LogP contribution in [-0.4, -0.2) is 9.97 Å². The second kappa shape index (κ2) is 6.11. The van der Waals surface area contributed by atoms with Crippen molar-refractivity contribution in [1.82, 2.24) is 9.97 Å². The molecule has 0 atom stereocenters.